The van der Waals surface area contributed by atoms with Gasteiger partial charge in [0, 0.05) is 94.5 Å². The number of carbonyl (C=O) groups is 2. The Morgan fingerprint density at radius 2 is 1.50 bits per heavy atom. The zero-order valence-electron chi connectivity index (χ0n) is 33.2. The largest absolute Gasteiger partial charge is 0.494 e. The fourth-order valence-electron chi connectivity index (χ4n) is 8.69. The number of amides is 3. The number of methoxy groups -OCH3 is 1. The molecular formula is C43H54ClN11O3. The van der Waals surface area contributed by atoms with Crippen molar-refractivity contribution >= 4 is 69.4 Å². The number of hydrogen-bond acceptors (Lipinski definition) is 12. The highest BCUT2D eigenvalue weighted by molar-refractivity contribution is 6.33. The van der Waals surface area contributed by atoms with Crippen LogP contribution in [0.1, 0.15) is 38.5 Å². The average molecular weight is 808 g/mol. The van der Waals surface area contributed by atoms with Crippen LogP contribution in [0.2, 0.25) is 5.02 Å². The number of hydrogen-bond donors (Lipinski definition) is 4. The number of nitrogens with one attached hydrogen (secondary N) is 3. The Kier molecular flexibility index (Phi) is 12.3. The quantitative estimate of drug-likeness (QED) is 0.115. The molecule has 1 aromatic heterocycles. The van der Waals surface area contributed by atoms with Crippen molar-refractivity contribution in [1.29, 1.82) is 0 Å². The molecule has 4 aliphatic heterocycles. The van der Waals surface area contributed by atoms with E-state index in [0.717, 1.165) is 99.6 Å². The average Bonchev–Trinajstić information content (AvgIpc) is 3.25. The van der Waals surface area contributed by atoms with Gasteiger partial charge in [0.25, 0.3) is 0 Å². The van der Waals surface area contributed by atoms with Gasteiger partial charge < -0.3 is 35.8 Å². The number of nitrogens with two attached hydrogens (primary N) is 1. The number of carbonyl (C=O) groups excluding carboxylic acids is 2. The minimum Gasteiger partial charge on any atom is -0.494 e. The number of halogens is 1. The van der Waals surface area contributed by atoms with Gasteiger partial charge >= 0.3 is 6.03 Å². The molecule has 4 saturated heterocycles. The number of para-hydroxylation sites is 2. The molecule has 306 valence electrons. The molecule has 0 radical (unpaired) electrons. The van der Waals surface area contributed by atoms with Gasteiger partial charge in [-0.1, -0.05) is 23.7 Å². The van der Waals surface area contributed by atoms with E-state index in [1.165, 1.54) is 31.5 Å². The fraction of sp³-hybridized carbons (Fsp3) is 0.442. The molecule has 3 amide bonds. The molecule has 0 saturated carbocycles. The van der Waals surface area contributed by atoms with E-state index >= 15 is 0 Å². The van der Waals surface area contributed by atoms with Gasteiger partial charge in [-0.2, -0.15) is 4.98 Å². The maximum Gasteiger partial charge on any atom is 0.328 e. The van der Waals surface area contributed by atoms with Crippen molar-refractivity contribution in [3.05, 3.63) is 77.9 Å². The number of imide groups is 1. The Labute approximate surface area is 345 Å². The second-order valence-corrected chi connectivity index (χ2v) is 16.1. The van der Waals surface area contributed by atoms with E-state index in [4.69, 9.17) is 22.1 Å². The minimum atomic E-state index is -0.339. The highest BCUT2D eigenvalue weighted by Crippen LogP contribution is 2.35. The number of nitrogen functional groups attached to an aromatic ring is 1. The highest BCUT2D eigenvalue weighted by atomic mass is 35.5. The number of nitrogens with zero attached hydrogens (tertiary/aromatic N) is 7. The Bertz CT molecular complexity index is 2050. The van der Waals surface area contributed by atoms with E-state index < -0.39 is 0 Å². The van der Waals surface area contributed by atoms with Crippen molar-refractivity contribution < 1.29 is 14.3 Å². The summed E-state index contributed by atoms with van der Waals surface area (Å²) in [4.78, 5) is 44.7. The maximum absolute atomic E-state index is 12.2. The first-order chi connectivity index (χ1) is 28.3. The number of urea groups is 1. The van der Waals surface area contributed by atoms with Gasteiger partial charge in [0.2, 0.25) is 11.9 Å². The molecule has 4 aromatic rings. The van der Waals surface area contributed by atoms with Crippen molar-refractivity contribution in [3.63, 3.8) is 0 Å². The van der Waals surface area contributed by atoms with Crippen LogP contribution in [0.5, 0.6) is 5.75 Å². The van der Waals surface area contributed by atoms with Crippen molar-refractivity contribution in [2.45, 2.75) is 44.6 Å². The zero-order valence-corrected chi connectivity index (χ0v) is 34.0. The Balaban J connectivity index is 0.751. The first kappa shape index (κ1) is 39.5. The van der Waals surface area contributed by atoms with Gasteiger partial charge in [0.15, 0.2) is 5.82 Å². The number of benzene rings is 3. The molecule has 5 heterocycles. The maximum atomic E-state index is 12.2. The van der Waals surface area contributed by atoms with Gasteiger partial charge in [-0.3, -0.25) is 19.9 Å². The van der Waals surface area contributed by atoms with E-state index in [1.54, 1.807) is 18.2 Å². The van der Waals surface area contributed by atoms with Crippen LogP contribution < -0.4 is 41.1 Å². The molecule has 15 heteroatoms. The van der Waals surface area contributed by atoms with Crippen LogP contribution in [0.15, 0.2) is 72.9 Å². The van der Waals surface area contributed by atoms with Crippen molar-refractivity contribution in [2.24, 2.45) is 5.92 Å². The second-order valence-electron chi connectivity index (χ2n) is 15.7. The second kappa shape index (κ2) is 18.1. The van der Waals surface area contributed by atoms with E-state index in [9.17, 15) is 9.59 Å². The lowest BCUT2D eigenvalue weighted by atomic mass is 9.93. The lowest BCUT2D eigenvalue weighted by molar-refractivity contribution is -0.120. The van der Waals surface area contributed by atoms with Crippen LogP contribution in [-0.4, -0.2) is 110 Å². The SMILES string of the molecule is COc1cc(N2CCC(N3CCN(CCC4CCN(c5ccc(N6CCC(=O)NC6=O)cc5)CC4)CC3)CC2)ccc1Nc1ncc(Cl)c(Nc2ccccc2N)n1. The lowest BCUT2D eigenvalue weighted by Crippen LogP contribution is -2.53. The van der Waals surface area contributed by atoms with Crippen molar-refractivity contribution in [1.82, 2.24) is 25.1 Å². The highest BCUT2D eigenvalue weighted by Gasteiger charge is 2.29. The number of piperazine rings is 1. The summed E-state index contributed by atoms with van der Waals surface area (Å²) in [6.07, 6.45) is 7.88. The Morgan fingerprint density at radius 1 is 0.810 bits per heavy atom. The van der Waals surface area contributed by atoms with E-state index in [2.05, 4.69) is 69.8 Å². The molecule has 4 fully saturated rings. The molecule has 0 aliphatic carbocycles. The predicted octanol–water partition coefficient (Wildman–Crippen LogP) is 6.55. The molecule has 3 aromatic carbocycles. The molecule has 5 N–H and O–H groups in total. The predicted molar refractivity (Wildman–Crippen MR) is 232 cm³/mol. The van der Waals surface area contributed by atoms with Gasteiger partial charge in [-0.15, -0.1) is 0 Å². The lowest BCUT2D eigenvalue weighted by Gasteiger charge is -2.43. The summed E-state index contributed by atoms with van der Waals surface area (Å²) in [5.74, 6) is 2.12. The normalized spacial score (nSPS) is 19.0. The summed E-state index contributed by atoms with van der Waals surface area (Å²) in [5, 5.41) is 9.29. The van der Waals surface area contributed by atoms with Crippen LogP contribution in [0.4, 0.5) is 50.7 Å². The van der Waals surface area contributed by atoms with Crippen LogP contribution >= 0.6 is 11.6 Å². The Hall–Kier alpha value is -5.31. The van der Waals surface area contributed by atoms with E-state index in [-0.39, 0.29) is 11.9 Å². The van der Waals surface area contributed by atoms with Gasteiger partial charge in [0.05, 0.1) is 30.4 Å². The van der Waals surface area contributed by atoms with Gasteiger partial charge in [0.1, 0.15) is 10.8 Å². The van der Waals surface area contributed by atoms with Gasteiger partial charge in [-0.05, 0) is 93.1 Å². The third kappa shape index (κ3) is 9.35. The molecule has 8 rings (SSSR count). The number of piperidine rings is 2. The smallest absolute Gasteiger partial charge is 0.328 e. The van der Waals surface area contributed by atoms with Crippen LogP contribution in [0.25, 0.3) is 0 Å². The van der Waals surface area contributed by atoms with Gasteiger partial charge in [-0.25, -0.2) is 9.78 Å². The standard InChI is InChI=1S/C43H54ClN11O3/c1-58-39-28-34(10-11-38(39)48-42-46-29-35(44)41(50-42)47-37-5-3-2-4-36(37)45)53-21-15-32(16-22-53)54-26-24-51(25-27-54)18-12-30-13-19-52(20-14-30)31-6-8-33(9-7-31)55-23-17-40(56)49-43(55)57/h2-11,28-30,32H,12-27,45H2,1H3,(H,49,56,57)(H2,46,47,48,50). The first-order valence-corrected chi connectivity index (χ1v) is 20.9. The van der Waals surface area contributed by atoms with Crippen LogP contribution in [0.3, 0.4) is 0 Å². The summed E-state index contributed by atoms with van der Waals surface area (Å²) in [6.45, 7) is 10.3. The number of aromatic nitrogens is 2. The van der Waals surface area contributed by atoms with Crippen molar-refractivity contribution in [3.8, 4) is 5.75 Å². The van der Waals surface area contributed by atoms with Crippen molar-refractivity contribution in [2.75, 3.05) is 104 Å². The van der Waals surface area contributed by atoms with E-state index in [0.29, 0.717) is 41.5 Å². The third-order valence-corrected chi connectivity index (χ3v) is 12.5. The topological polar surface area (TPSA) is 147 Å². The minimum absolute atomic E-state index is 0.209. The summed E-state index contributed by atoms with van der Waals surface area (Å²) < 4.78 is 5.81. The monoisotopic (exact) mass is 807 g/mol. The van der Waals surface area contributed by atoms with Crippen LogP contribution in [0, 0.1) is 5.92 Å². The summed E-state index contributed by atoms with van der Waals surface area (Å²) in [5.41, 5.74) is 11.4. The summed E-state index contributed by atoms with van der Waals surface area (Å²) in [7, 11) is 1.68. The molecule has 0 unspecified atom stereocenters. The Morgan fingerprint density at radius 3 is 2.22 bits per heavy atom. The first-order valence-electron chi connectivity index (χ1n) is 20.6. The third-order valence-electron chi connectivity index (χ3n) is 12.2. The molecule has 0 bridgehead atoms. The van der Waals surface area contributed by atoms with Crippen LogP contribution in [-0.2, 0) is 4.79 Å². The number of ether oxygens (including phenoxy) is 1. The number of anilines is 8. The van der Waals surface area contributed by atoms with E-state index in [1.807, 2.05) is 42.5 Å². The fourth-order valence-corrected chi connectivity index (χ4v) is 8.83. The summed E-state index contributed by atoms with van der Waals surface area (Å²) >= 11 is 6.41. The molecule has 58 heavy (non-hydrogen) atoms. The molecule has 0 atom stereocenters. The zero-order chi connectivity index (χ0) is 40.0. The molecule has 0 spiro atoms. The molecule has 14 nitrogen and oxygen atoms in total. The molecule has 4 aliphatic rings. The molecular weight excluding hydrogens is 754 g/mol. The number of rotatable bonds is 12. The summed E-state index contributed by atoms with van der Waals surface area (Å²) in [6, 6.07) is 22.2.